The molecule has 2 aliphatic rings. The minimum absolute atomic E-state index is 0.0759. The Labute approximate surface area is 104 Å². The van der Waals surface area contributed by atoms with E-state index in [-0.39, 0.29) is 17.2 Å². The van der Waals surface area contributed by atoms with Crippen molar-refractivity contribution in [2.45, 2.75) is 32.9 Å². The first-order chi connectivity index (χ1) is 7.78. The third-order valence-electron chi connectivity index (χ3n) is 3.63. The second-order valence-electron chi connectivity index (χ2n) is 6.09. The molecule has 0 bridgehead atoms. The Morgan fingerprint density at radius 1 is 1.35 bits per heavy atom. The average molecular weight is 258 g/mol. The van der Waals surface area contributed by atoms with E-state index in [4.69, 9.17) is 0 Å². The molecular weight excluding hydrogens is 236 g/mol. The third kappa shape index (κ3) is 3.09. The summed E-state index contributed by atoms with van der Waals surface area (Å²) in [5.74, 6) is 0.254. The summed E-state index contributed by atoms with van der Waals surface area (Å²) in [4.78, 5) is 2.29. The SMILES string of the molecule is CC(C)(C)C1CN(C2C=CS(=O)(=O)C2)CCN1. The van der Waals surface area contributed by atoms with Crippen LogP contribution in [0.1, 0.15) is 20.8 Å². The minimum atomic E-state index is -2.94. The molecule has 2 aliphatic heterocycles. The van der Waals surface area contributed by atoms with Crippen molar-refractivity contribution in [3.05, 3.63) is 11.5 Å². The minimum Gasteiger partial charge on any atom is -0.311 e. The van der Waals surface area contributed by atoms with E-state index in [0.717, 1.165) is 19.6 Å². The second kappa shape index (κ2) is 4.37. The zero-order valence-electron chi connectivity index (χ0n) is 10.8. The van der Waals surface area contributed by atoms with Crippen LogP contribution in [0, 0.1) is 5.41 Å². The summed E-state index contributed by atoms with van der Waals surface area (Å²) in [6.45, 7) is 9.44. The Hall–Kier alpha value is -0.390. The first-order valence-electron chi connectivity index (χ1n) is 6.16. The van der Waals surface area contributed by atoms with Gasteiger partial charge in [0, 0.05) is 37.1 Å². The molecule has 2 rings (SSSR count). The molecule has 1 N–H and O–H groups in total. The van der Waals surface area contributed by atoms with Crippen LogP contribution in [0.5, 0.6) is 0 Å². The monoisotopic (exact) mass is 258 g/mol. The lowest BCUT2D eigenvalue weighted by Crippen LogP contribution is -2.58. The maximum atomic E-state index is 11.4. The number of rotatable bonds is 1. The molecule has 0 amide bonds. The highest BCUT2D eigenvalue weighted by Crippen LogP contribution is 2.24. The van der Waals surface area contributed by atoms with Gasteiger partial charge in [0.25, 0.3) is 0 Å². The van der Waals surface area contributed by atoms with Gasteiger partial charge in [0.15, 0.2) is 9.84 Å². The van der Waals surface area contributed by atoms with Crippen molar-refractivity contribution in [1.29, 1.82) is 0 Å². The Morgan fingerprint density at radius 2 is 2.06 bits per heavy atom. The van der Waals surface area contributed by atoms with E-state index >= 15 is 0 Å². The van der Waals surface area contributed by atoms with Crippen LogP contribution in [0.15, 0.2) is 11.5 Å². The van der Waals surface area contributed by atoms with Gasteiger partial charge in [-0.1, -0.05) is 26.8 Å². The lowest BCUT2D eigenvalue weighted by atomic mass is 9.85. The fourth-order valence-electron chi connectivity index (χ4n) is 2.44. The molecule has 0 aromatic rings. The Morgan fingerprint density at radius 3 is 2.59 bits per heavy atom. The van der Waals surface area contributed by atoms with E-state index in [1.54, 1.807) is 0 Å². The van der Waals surface area contributed by atoms with Gasteiger partial charge < -0.3 is 5.32 Å². The van der Waals surface area contributed by atoms with Gasteiger partial charge in [-0.3, -0.25) is 4.90 Å². The molecule has 1 saturated heterocycles. The maximum Gasteiger partial charge on any atom is 0.173 e. The number of nitrogens with one attached hydrogen (secondary N) is 1. The van der Waals surface area contributed by atoms with Gasteiger partial charge >= 0.3 is 0 Å². The average Bonchev–Trinajstić information content (AvgIpc) is 2.58. The lowest BCUT2D eigenvalue weighted by Gasteiger charge is -2.42. The molecule has 2 heterocycles. The molecule has 1 fully saturated rings. The molecule has 2 atom stereocenters. The molecule has 0 aromatic carbocycles. The van der Waals surface area contributed by atoms with Gasteiger partial charge in [-0.05, 0) is 5.41 Å². The van der Waals surface area contributed by atoms with Gasteiger partial charge in [0.05, 0.1) is 5.75 Å². The van der Waals surface area contributed by atoms with Crippen molar-refractivity contribution in [3.63, 3.8) is 0 Å². The largest absolute Gasteiger partial charge is 0.311 e. The summed E-state index contributed by atoms with van der Waals surface area (Å²) in [5.41, 5.74) is 0.208. The number of sulfone groups is 1. The van der Waals surface area contributed by atoms with Crippen LogP contribution in [0.2, 0.25) is 0 Å². The van der Waals surface area contributed by atoms with Crippen LogP contribution in [0.4, 0.5) is 0 Å². The van der Waals surface area contributed by atoms with Crippen LogP contribution in [-0.2, 0) is 9.84 Å². The van der Waals surface area contributed by atoms with E-state index in [0.29, 0.717) is 6.04 Å². The van der Waals surface area contributed by atoms with Crippen LogP contribution in [-0.4, -0.2) is 50.8 Å². The maximum absolute atomic E-state index is 11.4. The summed E-state index contributed by atoms with van der Waals surface area (Å²) >= 11 is 0. The molecule has 0 aromatic heterocycles. The van der Waals surface area contributed by atoms with Gasteiger partial charge in [0.2, 0.25) is 0 Å². The molecule has 2 unspecified atom stereocenters. The summed E-state index contributed by atoms with van der Waals surface area (Å²) in [5, 5.41) is 4.88. The predicted molar refractivity (Wildman–Crippen MR) is 69.5 cm³/mol. The van der Waals surface area contributed by atoms with E-state index in [9.17, 15) is 8.42 Å². The molecule has 4 nitrogen and oxygen atoms in total. The smallest absolute Gasteiger partial charge is 0.173 e. The molecule has 5 heteroatoms. The van der Waals surface area contributed by atoms with Crippen LogP contribution >= 0.6 is 0 Å². The van der Waals surface area contributed by atoms with Gasteiger partial charge in [-0.25, -0.2) is 8.42 Å². The predicted octanol–water partition coefficient (Wildman–Crippen LogP) is 0.617. The Balaban J connectivity index is 2.02. The highest BCUT2D eigenvalue weighted by atomic mass is 32.2. The fraction of sp³-hybridized carbons (Fsp3) is 0.833. The van der Waals surface area contributed by atoms with Crippen molar-refractivity contribution in [2.75, 3.05) is 25.4 Å². The van der Waals surface area contributed by atoms with Crippen LogP contribution in [0.25, 0.3) is 0 Å². The topological polar surface area (TPSA) is 49.4 Å². The first-order valence-corrected chi connectivity index (χ1v) is 7.88. The van der Waals surface area contributed by atoms with E-state index in [1.807, 2.05) is 6.08 Å². The number of nitrogens with zero attached hydrogens (tertiary/aromatic N) is 1. The zero-order valence-corrected chi connectivity index (χ0v) is 11.6. The van der Waals surface area contributed by atoms with Crippen LogP contribution < -0.4 is 5.32 Å². The standard InChI is InChI=1S/C12H22N2O2S/c1-12(2,3)11-8-14(6-5-13-11)10-4-7-17(15,16)9-10/h4,7,10-11,13H,5-6,8-9H2,1-3H3. The number of piperazine rings is 1. The van der Waals surface area contributed by atoms with Gasteiger partial charge in [-0.2, -0.15) is 0 Å². The first kappa shape index (κ1) is 13.1. The summed E-state index contributed by atoms with van der Waals surface area (Å²) in [7, 11) is -2.94. The van der Waals surface area contributed by atoms with Crippen molar-refractivity contribution in [3.8, 4) is 0 Å². The van der Waals surface area contributed by atoms with Gasteiger partial charge in [0.1, 0.15) is 0 Å². The van der Waals surface area contributed by atoms with Gasteiger partial charge in [-0.15, -0.1) is 0 Å². The Kier molecular flexibility index (Phi) is 3.36. The molecule has 0 aliphatic carbocycles. The van der Waals surface area contributed by atoms with E-state index in [1.165, 1.54) is 5.41 Å². The van der Waals surface area contributed by atoms with E-state index < -0.39 is 9.84 Å². The highest BCUT2D eigenvalue weighted by molar-refractivity contribution is 7.94. The number of hydrogen-bond donors (Lipinski definition) is 1. The van der Waals surface area contributed by atoms with E-state index in [2.05, 4.69) is 31.0 Å². The van der Waals surface area contributed by atoms with Crippen molar-refractivity contribution in [2.24, 2.45) is 5.41 Å². The van der Waals surface area contributed by atoms with Crippen molar-refractivity contribution < 1.29 is 8.42 Å². The summed E-state index contributed by atoms with van der Waals surface area (Å²) in [6, 6.07) is 0.500. The lowest BCUT2D eigenvalue weighted by molar-refractivity contribution is 0.121. The molecular formula is C12H22N2O2S. The fourth-order valence-corrected chi connectivity index (χ4v) is 3.77. The van der Waals surface area contributed by atoms with Crippen molar-refractivity contribution >= 4 is 9.84 Å². The Bertz CT molecular complexity index is 409. The quantitative estimate of drug-likeness (QED) is 0.749. The molecule has 98 valence electrons. The normalized spacial score (nSPS) is 34.1. The number of hydrogen-bond acceptors (Lipinski definition) is 4. The molecule has 0 spiro atoms. The molecule has 0 radical (unpaired) electrons. The highest BCUT2D eigenvalue weighted by Gasteiger charge is 2.34. The molecule has 0 saturated carbocycles. The summed E-state index contributed by atoms with van der Waals surface area (Å²) in [6.07, 6.45) is 1.83. The molecule has 17 heavy (non-hydrogen) atoms. The zero-order chi connectivity index (χ0) is 12.7. The second-order valence-corrected chi connectivity index (χ2v) is 8.02. The van der Waals surface area contributed by atoms with Crippen LogP contribution in [0.3, 0.4) is 0 Å². The third-order valence-corrected chi connectivity index (χ3v) is 5.01. The van der Waals surface area contributed by atoms with Crippen molar-refractivity contribution in [1.82, 2.24) is 10.2 Å². The summed E-state index contributed by atoms with van der Waals surface area (Å²) < 4.78 is 22.9.